The van der Waals surface area contributed by atoms with Crippen molar-refractivity contribution in [2.75, 3.05) is 12.4 Å². The van der Waals surface area contributed by atoms with Crippen LogP contribution in [0.1, 0.15) is 29.5 Å². The smallest absolute Gasteiger partial charge is 0.209 e. The van der Waals surface area contributed by atoms with Gasteiger partial charge in [0, 0.05) is 17.7 Å². The Labute approximate surface area is 147 Å². The second-order valence-electron chi connectivity index (χ2n) is 5.42. The molecule has 0 unspecified atom stereocenters. The van der Waals surface area contributed by atoms with Gasteiger partial charge in [-0.2, -0.15) is 5.26 Å². The molecule has 1 aliphatic rings. The second kappa shape index (κ2) is 7.83. The maximum absolute atomic E-state index is 12.4. The molecule has 10 heteroatoms. The van der Waals surface area contributed by atoms with Crippen LogP contribution in [-0.4, -0.2) is 49.4 Å². The molecule has 1 saturated heterocycles. The number of tetrazole rings is 1. The zero-order chi connectivity index (χ0) is 16.9. The monoisotopic (exact) mass is 364 g/mol. The van der Waals surface area contributed by atoms with E-state index < -0.39 is 5.92 Å². The van der Waals surface area contributed by atoms with E-state index in [1.165, 1.54) is 23.1 Å². The molecule has 0 saturated carbocycles. The van der Waals surface area contributed by atoms with Crippen LogP contribution in [0.15, 0.2) is 10.5 Å². The predicted molar refractivity (Wildman–Crippen MR) is 87.7 cm³/mol. The molecule has 0 aliphatic carbocycles. The molecule has 0 radical (unpaired) electrons. The topological polar surface area (TPSA) is 107 Å². The van der Waals surface area contributed by atoms with E-state index in [1.807, 2.05) is 18.4 Å². The summed E-state index contributed by atoms with van der Waals surface area (Å²) in [5, 5.41) is 23.8. The number of ketones is 1. The van der Waals surface area contributed by atoms with Gasteiger partial charge in [-0.3, -0.25) is 4.79 Å². The van der Waals surface area contributed by atoms with Crippen LogP contribution in [-0.2, 0) is 16.1 Å². The van der Waals surface area contributed by atoms with Gasteiger partial charge in [-0.1, -0.05) is 11.8 Å². The first kappa shape index (κ1) is 17.0. The molecule has 1 fully saturated rings. The van der Waals surface area contributed by atoms with E-state index in [2.05, 4.69) is 20.5 Å². The summed E-state index contributed by atoms with van der Waals surface area (Å²) in [4.78, 5) is 16.6. The van der Waals surface area contributed by atoms with Gasteiger partial charge < -0.3 is 4.74 Å². The first-order chi connectivity index (χ1) is 11.7. The van der Waals surface area contributed by atoms with Crippen molar-refractivity contribution in [1.82, 2.24) is 25.2 Å². The lowest BCUT2D eigenvalue weighted by Crippen LogP contribution is -2.18. The lowest BCUT2D eigenvalue weighted by atomic mass is 10.1. The fourth-order valence-electron chi connectivity index (χ4n) is 2.38. The highest BCUT2D eigenvalue weighted by molar-refractivity contribution is 7.99. The number of thioether (sulfide) groups is 1. The number of aryl methyl sites for hydroxylation is 1. The van der Waals surface area contributed by atoms with Crippen molar-refractivity contribution < 1.29 is 9.53 Å². The van der Waals surface area contributed by atoms with Crippen molar-refractivity contribution in [1.29, 1.82) is 5.26 Å². The number of rotatable bonds is 7. The van der Waals surface area contributed by atoms with Crippen LogP contribution >= 0.6 is 23.1 Å². The van der Waals surface area contributed by atoms with E-state index in [1.54, 1.807) is 4.68 Å². The summed E-state index contributed by atoms with van der Waals surface area (Å²) in [6.07, 6.45) is 2.15. The zero-order valence-corrected chi connectivity index (χ0v) is 14.7. The van der Waals surface area contributed by atoms with E-state index in [9.17, 15) is 10.1 Å². The molecule has 0 N–H and O–H groups in total. The number of nitriles is 1. The molecule has 2 atom stereocenters. The van der Waals surface area contributed by atoms with Crippen LogP contribution in [0.5, 0.6) is 0 Å². The Morgan fingerprint density at radius 3 is 3.21 bits per heavy atom. The lowest BCUT2D eigenvalue weighted by molar-refractivity contribution is -0.116. The standard InChI is InChI=1S/C14H16N6O2S2/c1-9-7-23-13(16-9)11(5-15)12(21)8-24-14-17-18-19-20(14)6-10-3-2-4-22-10/h7,10-11H,2-4,6,8H2,1H3/t10-,11+/m0/s1. The number of hydrogen-bond donors (Lipinski definition) is 0. The summed E-state index contributed by atoms with van der Waals surface area (Å²) < 4.78 is 7.24. The molecule has 24 heavy (non-hydrogen) atoms. The first-order valence-corrected chi connectivity index (χ1v) is 9.39. The summed E-state index contributed by atoms with van der Waals surface area (Å²) in [5.41, 5.74) is 0.816. The molecule has 0 amide bonds. The molecule has 126 valence electrons. The number of aromatic nitrogens is 5. The molecule has 1 aliphatic heterocycles. The second-order valence-corrected chi connectivity index (χ2v) is 7.26. The minimum atomic E-state index is -0.835. The third-order valence-electron chi connectivity index (χ3n) is 3.58. The molecule has 3 heterocycles. The fourth-order valence-corrected chi connectivity index (χ4v) is 4.04. The maximum Gasteiger partial charge on any atom is 0.209 e. The Kier molecular flexibility index (Phi) is 5.55. The molecule has 8 nitrogen and oxygen atoms in total. The van der Waals surface area contributed by atoms with Crippen LogP contribution in [0.3, 0.4) is 0 Å². The lowest BCUT2D eigenvalue weighted by Gasteiger charge is -2.10. The summed E-state index contributed by atoms with van der Waals surface area (Å²) >= 11 is 2.57. The van der Waals surface area contributed by atoms with Gasteiger partial charge in [0.2, 0.25) is 5.16 Å². The van der Waals surface area contributed by atoms with Crippen molar-refractivity contribution in [2.24, 2.45) is 0 Å². The molecule has 0 aromatic carbocycles. The molecule has 3 rings (SSSR count). The number of nitrogens with zero attached hydrogens (tertiary/aromatic N) is 6. The van der Waals surface area contributed by atoms with Gasteiger partial charge in [-0.05, 0) is 30.2 Å². The van der Waals surface area contributed by atoms with Crippen LogP contribution in [0.25, 0.3) is 0 Å². The Morgan fingerprint density at radius 1 is 1.67 bits per heavy atom. The predicted octanol–water partition coefficient (Wildman–Crippen LogP) is 1.59. The average Bonchev–Trinajstić information content (AvgIpc) is 3.30. The summed E-state index contributed by atoms with van der Waals surface area (Å²) in [6, 6.07) is 2.04. The minimum absolute atomic E-state index is 0.119. The van der Waals surface area contributed by atoms with E-state index in [-0.39, 0.29) is 17.6 Å². The van der Waals surface area contributed by atoms with Gasteiger partial charge in [0.25, 0.3) is 0 Å². The van der Waals surface area contributed by atoms with Gasteiger partial charge in [0.15, 0.2) is 11.7 Å². The van der Waals surface area contributed by atoms with Gasteiger partial charge >= 0.3 is 0 Å². The number of ether oxygens (including phenoxy) is 1. The highest BCUT2D eigenvalue weighted by Crippen LogP contribution is 2.24. The number of hydrogen-bond acceptors (Lipinski definition) is 9. The Hall–Kier alpha value is -1.83. The van der Waals surface area contributed by atoms with Gasteiger partial charge in [-0.25, -0.2) is 9.67 Å². The van der Waals surface area contributed by atoms with Crippen molar-refractivity contribution in [2.45, 2.75) is 43.5 Å². The molecule has 0 spiro atoms. The number of thiazole rings is 1. The van der Waals surface area contributed by atoms with Gasteiger partial charge in [0.05, 0.1) is 24.5 Å². The Bertz CT molecular complexity index is 747. The van der Waals surface area contributed by atoms with Crippen molar-refractivity contribution >= 4 is 28.9 Å². The Balaban J connectivity index is 1.60. The molecule has 2 aromatic heterocycles. The number of Topliss-reactive ketones (excluding diaryl/α,β-unsaturated/α-hetero) is 1. The summed E-state index contributed by atoms with van der Waals surface area (Å²) in [6.45, 7) is 3.19. The average molecular weight is 364 g/mol. The zero-order valence-electron chi connectivity index (χ0n) is 13.1. The van der Waals surface area contributed by atoms with Gasteiger partial charge in [0.1, 0.15) is 5.01 Å². The Morgan fingerprint density at radius 2 is 2.54 bits per heavy atom. The first-order valence-electron chi connectivity index (χ1n) is 7.52. The van der Waals surface area contributed by atoms with Crippen LogP contribution < -0.4 is 0 Å². The SMILES string of the molecule is Cc1csc([C@H](C#N)C(=O)CSc2nnnn2C[C@@H]2CCCO2)n1. The molecule has 2 aromatic rings. The molecule has 0 bridgehead atoms. The highest BCUT2D eigenvalue weighted by atomic mass is 32.2. The number of carbonyl (C=O) groups is 1. The van der Waals surface area contributed by atoms with Crippen LogP contribution in [0.2, 0.25) is 0 Å². The van der Waals surface area contributed by atoms with Crippen molar-refractivity contribution in [3.05, 3.63) is 16.1 Å². The van der Waals surface area contributed by atoms with E-state index in [0.717, 1.165) is 25.1 Å². The van der Waals surface area contributed by atoms with Crippen LogP contribution in [0.4, 0.5) is 0 Å². The van der Waals surface area contributed by atoms with Crippen molar-refractivity contribution in [3.63, 3.8) is 0 Å². The van der Waals surface area contributed by atoms with Crippen molar-refractivity contribution in [3.8, 4) is 6.07 Å². The molecular formula is C14H16N6O2S2. The highest BCUT2D eigenvalue weighted by Gasteiger charge is 2.25. The third-order valence-corrected chi connectivity index (χ3v) is 5.58. The third kappa shape index (κ3) is 3.98. The number of carbonyl (C=O) groups excluding carboxylic acids is 1. The van der Waals surface area contributed by atoms with Gasteiger partial charge in [-0.15, -0.1) is 16.4 Å². The summed E-state index contributed by atoms with van der Waals surface area (Å²) in [7, 11) is 0. The van der Waals surface area contributed by atoms with E-state index >= 15 is 0 Å². The summed E-state index contributed by atoms with van der Waals surface area (Å²) in [5.74, 6) is -0.898. The molecular weight excluding hydrogens is 348 g/mol. The minimum Gasteiger partial charge on any atom is -0.376 e. The van der Waals surface area contributed by atoms with E-state index in [4.69, 9.17) is 4.74 Å². The fraction of sp³-hybridized carbons (Fsp3) is 0.571. The largest absolute Gasteiger partial charge is 0.376 e. The quantitative estimate of drug-likeness (QED) is 0.682. The normalized spacial score (nSPS) is 18.4. The van der Waals surface area contributed by atoms with E-state index in [0.29, 0.717) is 16.7 Å². The van der Waals surface area contributed by atoms with Crippen LogP contribution in [0, 0.1) is 18.3 Å². The maximum atomic E-state index is 12.4.